The first kappa shape index (κ1) is 17.1. The number of halogens is 1. The van der Waals surface area contributed by atoms with E-state index in [0.29, 0.717) is 17.7 Å². The van der Waals surface area contributed by atoms with Crippen molar-refractivity contribution >= 4 is 17.2 Å². The van der Waals surface area contributed by atoms with Crippen molar-refractivity contribution in [2.45, 2.75) is 52.1 Å². The zero-order valence-electron chi connectivity index (χ0n) is 12.2. The van der Waals surface area contributed by atoms with Crippen LogP contribution in [0.2, 0.25) is 0 Å². The number of thiocarbonyl (C=S) groups is 1. The smallest absolute Gasteiger partial charge is 0.128 e. The van der Waals surface area contributed by atoms with Crippen LogP contribution < -0.4 is 5.73 Å². The number of hydrogen-bond donors (Lipinski definition) is 1. The molecule has 1 aromatic carbocycles. The molecule has 0 saturated heterocycles. The van der Waals surface area contributed by atoms with Crippen LogP contribution in [0.3, 0.4) is 0 Å². The van der Waals surface area contributed by atoms with Crippen molar-refractivity contribution in [1.82, 2.24) is 0 Å². The molecule has 0 atom stereocenters. The van der Waals surface area contributed by atoms with Gasteiger partial charge in [-0.1, -0.05) is 51.2 Å². The Morgan fingerprint density at radius 1 is 1.20 bits per heavy atom. The molecule has 112 valence electrons. The summed E-state index contributed by atoms with van der Waals surface area (Å²) in [6, 6.07) is 4.64. The Kier molecular flexibility index (Phi) is 8.38. The third-order valence-corrected chi connectivity index (χ3v) is 3.47. The summed E-state index contributed by atoms with van der Waals surface area (Å²) in [5, 5.41) is 0. The van der Waals surface area contributed by atoms with Gasteiger partial charge in [0.05, 0.1) is 6.61 Å². The SMILES string of the molecule is CCCCCCCCOCc1cc(C(N)=S)ccc1F. The average molecular weight is 297 g/mol. The molecule has 1 rings (SSSR count). The van der Waals surface area contributed by atoms with E-state index in [1.54, 1.807) is 12.1 Å². The molecule has 2 N–H and O–H groups in total. The minimum atomic E-state index is -0.270. The van der Waals surface area contributed by atoms with Crippen LogP contribution in [-0.2, 0) is 11.3 Å². The Bertz CT molecular complexity index is 423. The minimum Gasteiger partial charge on any atom is -0.389 e. The Morgan fingerprint density at radius 2 is 1.90 bits per heavy atom. The number of rotatable bonds is 10. The minimum absolute atomic E-state index is 0.270. The first-order valence-electron chi connectivity index (χ1n) is 7.31. The van der Waals surface area contributed by atoms with Gasteiger partial charge in [0.25, 0.3) is 0 Å². The third kappa shape index (κ3) is 6.44. The van der Waals surface area contributed by atoms with Gasteiger partial charge in [0.1, 0.15) is 10.8 Å². The predicted octanol–water partition coefficient (Wildman–Crippen LogP) is 4.34. The lowest BCUT2D eigenvalue weighted by Crippen LogP contribution is -2.10. The lowest BCUT2D eigenvalue weighted by Gasteiger charge is -2.07. The van der Waals surface area contributed by atoms with E-state index >= 15 is 0 Å². The van der Waals surface area contributed by atoms with E-state index in [4.69, 9.17) is 22.7 Å². The molecular formula is C16H24FNOS. The zero-order valence-corrected chi connectivity index (χ0v) is 13.0. The average Bonchev–Trinajstić information content (AvgIpc) is 2.43. The molecule has 0 heterocycles. The standard InChI is InChI=1S/C16H24FNOS/c1-2-3-4-5-6-7-10-19-12-14-11-13(16(18)20)8-9-15(14)17/h8-9,11H,2-7,10,12H2,1H3,(H2,18,20). The summed E-state index contributed by atoms with van der Waals surface area (Å²) in [5.41, 5.74) is 6.73. The molecule has 0 unspecified atom stereocenters. The van der Waals surface area contributed by atoms with Gasteiger partial charge in [-0.3, -0.25) is 0 Å². The molecule has 1 aromatic rings. The van der Waals surface area contributed by atoms with E-state index in [1.165, 1.54) is 38.2 Å². The molecule has 20 heavy (non-hydrogen) atoms. The molecule has 0 spiro atoms. The number of benzene rings is 1. The van der Waals surface area contributed by atoms with Crippen LogP contribution in [0.1, 0.15) is 56.6 Å². The summed E-state index contributed by atoms with van der Waals surface area (Å²) in [4.78, 5) is 0.280. The van der Waals surface area contributed by atoms with Crippen molar-refractivity contribution < 1.29 is 9.13 Å². The summed E-state index contributed by atoms with van der Waals surface area (Å²) >= 11 is 4.88. The normalized spacial score (nSPS) is 10.7. The number of ether oxygens (including phenoxy) is 1. The molecule has 0 radical (unpaired) electrons. The Hall–Kier alpha value is -1.00. The molecule has 0 fully saturated rings. The Balaban J connectivity index is 2.24. The molecular weight excluding hydrogens is 273 g/mol. The molecule has 0 aliphatic carbocycles. The maximum atomic E-state index is 13.6. The summed E-state index contributed by atoms with van der Waals surface area (Å²) in [6.45, 7) is 3.15. The number of hydrogen-bond acceptors (Lipinski definition) is 2. The Labute approximate surface area is 126 Å². The number of nitrogens with two attached hydrogens (primary N) is 1. The molecule has 0 aliphatic heterocycles. The van der Waals surface area contributed by atoms with E-state index < -0.39 is 0 Å². The fourth-order valence-corrected chi connectivity index (χ4v) is 2.13. The maximum absolute atomic E-state index is 13.6. The van der Waals surface area contributed by atoms with Crippen LogP contribution in [0, 0.1) is 5.82 Å². The second-order valence-electron chi connectivity index (χ2n) is 4.99. The second kappa shape index (κ2) is 9.83. The molecule has 0 aromatic heterocycles. The Morgan fingerprint density at radius 3 is 2.60 bits per heavy atom. The molecule has 0 aliphatic rings. The van der Waals surface area contributed by atoms with E-state index in [0.717, 1.165) is 6.42 Å². The van der Waals surface area contributed by atoms with Gasteiger partial charge in [0.2, 0.25) is 0 Å². The van der Waals surface area contributed by atoms with Crippen molar-refractivity contribution in [3.8, 4) is 0 Å². The molecule has 0 bridgehead atoms. The van der Waals surface area contributed by atoms with Gasteiger partial charge in [-0.15, -0.1) is 0 Å². The van der Waals surface area contributed by atoms with E-state index in [2.05, 4.69) is 6.92 Å². The molecule has 2 nitrogen and oxygen atoms in total. The fourth-order valence-electron chi connectivity index (χ4n) is 2.01. The lowest BCUT2D eigenvalue weighted by molar-refractivity contribution is 0.114. The van der Waals surface area contributed by atoms with Crippen LogP contribution in [0.4, 0.5) is 4.39 Å². The largest absolute Gasteiger partial charge is 0.389 e. The summed E-state index contributed by atoms with van der Waals surface area (Å²) in [7, 11) is 0. The van der Waals surface area contributed by atoms with Gasteiger partial charge < -0.3 is 10.5 Å². The quantitative estimate of drug-likeness (QED) is 0.515. The van der Waals surface area contributed by atoms with Crippen LogP contribution in [-0.4, -0.2) is 11.6 Å². The summed E-state index contributed by atoms with van der Waals surface area (Å²) in [6.07, 6.45) is 7.31. The highest BCUT2D eigenvalue weighted by molar-refractivity contribution is 7.80. The topological polar surface area (TPSA) is 35.2 Å². The first-order chi connectivity index (χ1) is 9.65. The van der Waals surface area contributed by atoms with Crippen LogP contribution in [0.5, 0.6) is 0 Å². The lowest BCUT2D eigenvalue weighted by atomic mass is 10.1. The van der Waals surface area contributed by atoms with Gasteiger partial charge in [0, 0.05) is 17.7 Å². The van der Waals surface area contributed by atoms with Gasteiger partial charge in [-0.05, 0) is 24.6 Å². The van der Waals surface area contributed by atoms with Crippen LogP contribution >= 0.6 is 12.2 Å². The van der Waals surface area contributed by atoms with Crippen LogP contribution in [0.15, 0.2) is 18.2 Å². The second-order valence-corrected chi connectivity index (χ2v) is 5.43. The van der Waals surface area contributed by atoms with Crippen molar-refractivity contribution in [2.24, 2.45) is 5.73 Å². The van der Waals surface area contributed by atoms with E-state index in [1.807, 2.05) is 0 Å². The molecule has 0 amide bonds. The van der Waals surface area contributed by atoms with Crippen molar-refractivity contribution in [2.75, 3.05) is 6.61 Å². The highest BCUT2D eigenvalue weighted by Gasteiger charge is 2.05. The summed E-state index contributed by atoms with van der Waals surface area (Å²) < 4.78 is 19.1. The number of unbranched alkanes of at least 4 members (excludes halogenated alkanes) is 5. The van der Waals surface area contributed by atoms with E-state index in [-0.39, 0.29) is 17.4 Å². The molecule has 4 heteroatoms. The highest BCUT2D eigenvalue weighted by Crippen LogP contribution is 2.12. The van der Waals surface area contributed by atoms with Gasteiger partial charge in [-0.25, -0.2) is 4.39 Å². The van der Waals surface area contributed by atoms with Crippen molar-refractivity contribution in [3.63, 3.8) is 0 Å². The van der Waals surface area contributed by atoms with Crippen molar-refractivity contribution in [1.29, 1.82) is 0 Å². The van der Waals surface area contributed by atoms with Crippen molar-refractivity contribution in [3.05, 3.63) is 35.1 Å². The van der Waals surface area contributed by atoms with Gasteiger partial charge >= 0.3 is 0 Å². The summed E-state index contributed by atoms with van der Waals surface area (Å²) in [5.74, 6) is -0.270. The predicted molar refractivity (Wildman–Crippen MR) is 85.3 cm³/mol. The zero-order chi connectivity index (χ0) is 14.8. The van der Waals surface area contributed by atoms with Gasteiger partial charge in [0.15, 0.2) is 0 Å². The third-order valence-electron chi connectivity index (χ3n) is 3.23. The highest BCUT2D eigenvalue weighted by atomic mass is 32.1. The maximum Gasteiger partial charge on any atom is 0.128 e. The fraction of sp³-hybridized carbons (Fsp3) is 0.562. The van der Waals surface area contributed by atoms with E-state index in [9.17, 15) is 4.39 Å². The monoisotopic (exact) mass is 297 g/mol. The first-order valence-corrected chi connectivity index (χ1v) is 7.72. The van der Waals surface area contributed by atoms with Crippen LogP contribution in [0.25, 0.3) is 0 Å². The molecule has 0 saturated carbocycles. The van der Waals surface area contributed by atoms with Gasteiger partial charge in [-0.2, -0.15) is 0 Å².